The van der Waals surface area contributed by atoms with Crippen molar-refractivity contribution < 1.29 is 17.6 Å². The maximum Gasteiger partial charge on any atom is 0.267 e. The number of hydrogen-bond donors (Lipinski definition) is 1. The minimum Gasteiger partial charge on any atom is -0.345 e. The molecule has 0 unspecified atom stereocenters. The molecular formula is C27H24FN5O3S. The molecule has 10 heteroatoms. The molecule has 0 radical (unpaired) electrons. The molecule has 5 rings (SSSR count). The zero-order valence-electron chi connectivity index (χ0n) is 20.2. The lowest BCUT2D eigenvalue weighted by Gasteiger charge is -2.16. The Hall–Kier alpha value is -4.31. The maximum absolute atomic E-state index is 13.3. The molecule has 0 aliphatic carbocycles. The highest BCUT2D eigenvalue weighted by molar-refractivity contribution is 7.90. The Morgan fingerprint density at radius 2 is 1.76 bits per heavy atom. The van der Waals surface area contributed by atoms with Crippen molar-refractivity contribution in [1.29, 1.82) is 0 Å². The number of aromatic nitrogens is 4. The van der Waals surface area contributed by atoms with E-state index in [-0.39, 0.29) is 16.6 Å². The summed E-state index contributed by atoms with van der Waals surface area (Å²) < 4.78 is 42.2. The summed E-state index contributed by atoms with van der Waals surface area (Å²) in [4.78, 5) is 17.7. The van der Waals surface area contributed by atoms with Crippen LogP contribution in [0.2, 0.25) is 0 Å². The fraction of sp³-hybridized carbons (Fsp3) is 0.148. The number of fused-ring (bicyclic) bond motifs is 1. The first-order chi connectivity index (χ1) is 17.8. The average molecular weight is 518 g/mol. The van der Waals surface area contributed by atoms with Gasteiger partial charge in [-0.2, -0.15) is 5.10 Å². The highest BCUT2D eigenvalue weighted by Crippen LogP contribution is 2.24. The van der Waals surface area contributed by atoms with Crippen molar-refractivity contribution in [2.75, 3.05) is 0 Å². The molecule has 0 bridgehead atoms. The molecule has 188 valence electrons. The number of aryl methyl sites for hydroxylation is 1. The lowest BCUT2D eigenvalue weighted by molar-refractivity contribution is 0.0937. The number of rotatable bonds is 7. The second-order valence-corrected chi connectivity index (χ2v) is 10.5. The van der Waals surface area contributed by atoms with Crippen molar-refractivity contribution in [3.63, 3.8) is 0 Å². The summed E-state index contributed by atoms with van der Waals surface area (Å²) >= 11 is 0. The van der Waals surface area contributed by atoms with Gasteiger partial charge in [0.05, 0.1) is 40.1 Å². The largest absolute Gasteiger partial charge is 0.345 e. The van der Waals surface area contributed by atoms with Gasteiger partial charge in [-0.15, -0.1) is 0 Å². The number of carbonyl (C=O) groups excluding carboxylic acids is 1. The molecule has 0 fully saturated rings. The molecule has 0 saturated heterocycles. The zero-order chi connectivity index (χ0) is 26.2. The molecule has 1 N–H and O–H groups in total. The Labute approximate surface area is 213 Å². The monoisotopic (exact) mass is 517 g/mol. The van der Waals surface area contributed by atoms with Crippen molar-refractivity contribution in [1.82, 2.24) is 24.1 Å². The summed E-state index contributed by atoms with van der Waals surface area (Å²) in [6, 6.07) is 13.8. The van der Waals surface area contributed by atoms with Crippen LogP contribution in [0.1, 0.15) is 40.9 Å². The van der Waals surface area contributed by atoms with E-state index in [1.807, 2.05) is 13.8 Å². The van der Waals surface area contributed by atoms with Gasteiger partial charge in [-0.1, -0.05) is 24.6 Å². The van der Waals surface area contributed by atoms with E-state index in [0.29, 0.717) is 34.1 Å². The van der Waals surface area contributed by atoms with Gasteiger partial charge in [0.25, 0.3) is 15.9 Å². The molecule has 8 nitrogen and oxygen atoms in total. The number of carbonyl (C=O) groups is 1. The van der Waals surface area contributed by atoms with E-state index in [9.17, 15) is 17.6 Å². The predicted molar refractivity (Wildman–Crippen MR) is 138 cm³/mol. The molecule has 1 amide bonds. The van der Waals surface area contributed by atoms with E-state index in [1.165, 1.54) is 30.7 Å². The average Bonchev–Trinajstić information content (AvgIpc) is 3.56. The second kappa shape index (κ2) is 9.62. The SMILES string of the molecule is CC[C@H](NC(=O)c1cncc2c1cnn2-c1ccc(F)cc1)c1ccn(S(=O)(=O)c2ccc(C)cc2)c1. The minimum atomic E-state index is -3.75. The molecule has 37 heavy (non-hydrogen) atoms. The summed E-state index contributed by atoms with van der Waals surface area (Å²) in [5.74, 6) is -0.720. The van der Waals surface area contributed by atoms with Crippen molar-refractivity contribution in [2.24, 2.45) is 0 Å². The van der Waals surface area contributed by atoms with Gasteiger partial charge in [0.2, 0.25) is 0 Å². The van der Waals surface area contributed by atoms with Crippen LogP contribution in [0.4, 0.5) is 4.39 Å². The molecule has 5 aromatic rings. The van der Waals surface area contributed by atoms with Crippen molar-refractivity contribution >= 4 is 26.8 Å². The van der Waals surface area contributed by atoms with Crippen LogP contribution < -0.4 is 5.32 Å². The van der Waals surface area contributed by atoms with E-state index in [0.717, 1.165) is 9.54 Å². The van der Waals surface area contributed by atoms with Crippen LogP contribution in [0.3, 0.4) is 0 Å². The number of benzene rings is 2. The third kappa shape index (κ3) is 4.63. The zero-order valence-corrected chi connectivity index (χ0v) is 21.0. The second-order valence-electron chi connectivity index (χ2n) is 8.68. The van der Waals surface area contributed by atoms with Gasteiger partial charge in [0.15, 0.2) is 0 Å². The molecule has 0 spiro atoms. The number of pyridine rings is 1. The standard InChI is InChI=1S/C27H24FN5O3S/c1-3-25(19-12-13-32(17-19)37(35,36)22-10-4-18(2)5-11-22)31-27(34)24-14-29-16-26-23(24)15-30-33(26)21-8-6-20(28)7-9-21/h4-17,25H,3H2,1-2H3,(H,31,34)/t25-/m0/s1. The maximum atomic E-state index is 13.3. The quantitative estimate of drug-likeness (QED) is 0.335. The summed E-state index contributed by atoms with van der Waals surface area (Å²) in [5, 5.41) is 7.94. The van der Waals surface area contributed by atoms with Crippen LogP contribution >= 0.6 is 0 Å². The molecular weight excluding hydrogens is 493 g/mol. The highest BCUT2D eigenvalue weighted by Gasteiger charge is 2.22. The van der Waals surface area contributed by atoms with E-state index < -0.39 is 16.1 Å². The Morgan fingerprint density at radius 1 is 1.03 bits per heavy atom. The molecule has 3 aromatic heterocycles. The van der Waals surface area contributed by atoms with Crippen LogP contribution in [0, 0.1) is 12.7 Å². The van der Waals surface area contributed by atoms with Gasteiger partial charge < -0.3 is 5.32 Å². The lowest BCUT2D eigenvalue weighted by atomic mass is 10.1. The number of nitrogens with one attached hydrogen (secondary N) is 1. The first-order valence-electron chi connectivity index (χ1n) is 11.7. The summed E-state index contributed by atoms with van der Waals surface area (Å²) in [6.45, 7) is 3.80. The normalized spacial score (nSPS) is 12.5. The third-order valence-corrected chi connectivity index (χ3v) is 7.87. The lowest BCUT2D eigenvalue weighted by Crippen LogP contribution is -2.28. The van der Waals surface area contributed by atoms with E-state index in [4.69, 9.17) is 0 Å². The minimum absolute atomic E-state index is 0.188. The van der Waals surface area contributed by atoms with Crippen molar-refractivity contribution in [3.8, 4) is 5.69 Å². The molecule has 0 aliphatic heterocycles. The first kappa shape index (κ1) is 24.4. The molecule has 0 saturated carbocycles. The van der Waals surface area contributed by atoms with Gasteiger partial charge in [-0.05, 0) is 61.4 Å². The van der Waals surface area contributed by atoms with E-state index >= 15 is 0 Å². The van der Waals surface area contributed by atoms with Crippen molar-refractivity contribution in [3.05, 3.63) is 108 Å². The molecule has 0 aliphatic rings. The Balaban J connectivity index is 1.41. The van der Waals surface area contributed by atoms with E-state index in [1.54, 1.807) is 59.5 Å². The molecule has 1 atom stereocenters. The smallest absolute Gasteiger partial charge is 0.267 e. The summed E-state index contributed by atoms with van der Waals surface area (Å²) in [6.07, 6.45) is 8.17. The fourth-order valence-corrected chi connectivity index (χ4v) is 5.35. The van der Waals surface area contributed by atoms with Crippen LogP contribution in [0.25, 0.3) is 16.6 Å². The Bertz CT molecular complexity index is 1690. The Morgan fingerprint density at radius 3 is 2.46 bits per heavy atom. The third-order valence-electron chi connectivity index (χ3n) is 6.22. The van der Waals surface area contributed by atoms with Crippen LogP contribution in [-0.4, -0.2) is 33.1 Å². The van der Waals surface area contributed by atoms with Crippen LogP contribution in [0.5, 0.6) is 0 Å². The summed E-state index contributed by atoms with van der Waals surface area (Å²) in [5.41, 5.74) is 3.19. The number of nitrogens with zero attached hydrogens (tertiary/aromatic N) is 4. The van der Waals surface area contributed by atoms with E-state index in [2.05, 4.69) is 15.4 Å². The number of halogens is 1. The van der Waals surface area contributed by atoms with Crippen LogP contribution in [0.15, 0.2) is 90.5 Å². The van der Waals surface area contributed by atoms with Gasteiger partial charge >= 0.3 is 0 Å². The topological polar surface area (TPSA) is 98.9 Å². The van der Waals surface area contributed by atoms with Crippen molar-refractivity contribution in [2.45, 2.75) is 31.2 Å². The highest BCUT2D eigenvalue weighted by atomic mass is 32.2. The van der Waals surface area contributed by atoms with Gasteiger partial charge in [0, 0.05) is 24.0 Å². The first-order valence-corrected chi connectivity index (χ1v) is 13.1. The molecule has 2 aromatic carbocycles. The summed E-state index contributed by atoms with van der Waals surface area (Å²) in [7, 11) is -3.75. The van der Waals surface area contributed by atoms with Gasteiger partial charge in [0.1, 0.15) is 5.82 Å². The number of amides is 1. The van der Waals surface area contributed by atoms with Crippen LogP contribution in [-0.2, 0) is 10.0 Å². The fourth-order valence-electron chi connectivity index (χ4n) is 4.15. The Kier molecular flexibility index (Phi) is 6.34. The number of hydrogen-bond acceptors (Lipinski definition) is 5. The predicted octanol–water partition coefficient (Wildman–Crippen LogP) is 4.79. The molecule has 3 heterocycles. The van der Waals surface area contributed by atoms with Gasteiger partial charge in [-0.3, -0.25) is 9.78 Å². The van der Waals surface area contributed by atoms with Gasteiger partial charge in [-0.25, -0.2) is 21.5 Å².